The summed E-state index contributed by atoms with van der Waals surface area (Å²) in [5, 5.41) is 0.812. The average molecular weight is 309 g/mol. The predicted molar refractivity (Wildman–Crippen MR) is 75.2 cm³/mol. The number of thioether (sulfide) groups is 1. The van der Waals surface area contributed by atoms with Crippen LogP contribution in [-0.4, -0.2) is 9.97 Å². The molecule has 2 nitrogen and oxygen atoms in total. The summed E-state index contributed by atoms with van der Waals surface area (Å²) in [4.78, 5) is 8.49. The van der Waals surface area contributed by atoms with Gasteiger partial charge in [0.25, 0.3) is 0 Å². The van der Waals surface area contributed by atoms with Crippen LogP contribution >= 0.6 is 27.7 Å². The number of nitrogens with zero attached hydrogens (tertiary/aromatic N) is 2. The first kappa shape index (κ1) is 12.6. The van der Waals surface area contributed by atoms with Crippen molar-refractivity contribution in [1.82, 2.24) is 9.97 Å². The Bertz CT molecular complexity index is 491. The fourth-order valence-electron chi connectivity index (χ4n) is 1.68. The van der Waals surface area contributed by atoms with Gasteiger partial charge in [0.15, 0.2) is 5.16 Å². The van der Waals surface area contributed by atoms with E-state index in [4.69, 9.17) is 0 Å². The van der Waals surface area contributed by atoms with Crippen LogP contribution in [0.15, 0.2) is 40.2 Å². The summed E-state index contributed by atoms with van der Waals surface area (Å²) < 4.78 is 0.910. The molecule has 0 N–H and O–H groups in total. The van der Waals surface area contributed by atoms with Crippen molar-refractivity contribution in [3.05, 3.63) is 51.8 Å². The summed E-state index contributed by atoms with van der Waals surface area (Å²) in [6.45, 7) is 4.24. The summed E-state index contributed by atoms with van der Waals surface area (Å²) in [6.07, 6.45) is 3.55. The molecule has 0 radical (unpaired) electrons. The highest BCUT2D eigenvalue weighted by Gasteiger charge is 2.00. The molecule has 0 spiro atoms. The minimum atomic E-state index is 0.812. The van der Waals surface area contributed by atoms with Gasteiger partial charge < -0.3 is 0 Å². The van der Waals surface area contributed by atoms with E-state index in [0.717, 1.165) is 15.4 Å². The third-order valence-electron chi connectivity index (χ3n) is 2.25. The molecule has 0 fully saturated rings. The molecule has 2 aromatic rings. The van der Waals surface area contributed by atoms with Gasteiger partial charge in [-0.05, 0) is 35.3 Å². The molecule has 0 aliphatic rings. The zero-order chi connectivity index (χ0) is 12.3. The van der Waals surface area contributed by atoms with Gasteiger partial charge in [-0.15, -0.1) is 0 Å². The molecule has 0 aliphatic heterocycles. The quantitative estimate of drug-likeness (QED) is 0.629. The van der Waals surface area contributed by atoms with E-state index in [1.165, 1.54) is 16.7 Å². The Labute approximate surface area is 114 Å². The van der Waals surface area contributed by atoms with Crippen LogP contribution < -0.4 is 0 Å². The second kappa shape index (κ2) is 5.65. The molecule has 0 saturated carbocycles. The van der Waals surface area contributed by atoms with Gasteiger partial charge in [0.05, 0.1) is 4.47 Å². The maximum atomic E-state index is 4.24. The number of rotatable bonds is 3. The molecule has 4 heteroatoms. The van der Waals surface area contributed by atoms with Gasteiger partial charge in [-0.3, -0.25) is 0 Å². The lowest BCUT2D eigenvalue weighted by molar-refractivity contribution is 0.957. The number of aryl methyl sites for hydroxylation is 2. The topological polar surface area (TPSA) is 25.8 Å². The standard InChI is InChI=1S/C13H13BrN2S/c1-9-3-10(2)5-11(4-9)8-17-13-15-6-12(14)7-16-13/h3-7H,8H2,1-2H3. The first-order chi connectivity index (χ1) is 8.13. The van der Waals surface area contributed by atoms with Crippen LogP contribution in [0.1, 0.15) is 16.7 Å². The largest absolute Gasteiger partial charge is 0.230 e. The van der Waals surface area contributed by atoms with E-state index < -0.39 is 0 Å². The summed E-state index contributed by atoms with van der Waals surface area (Å²) >= 11 is 4.98. The van der Waals surface area contributed by atoms with Crippen molar-refractivity contribution >= 4 is 27.7 Å². The molecular formula is C13H13BrN2S. The Kier molecular flexibility index (Phi) is 4.18. The zero-order valence-electron chi connectivity index (χ0n) is 9.77. The number of hydrogen-bond acceptors (Lipinski definition) is 3. The Hall–Kier alpha value is -0.870. The van der Waals surface area contributed by atoms with E-state index in [1.54, 1.807) is 24.2 Å². The predicted octanol–water partition coefficient (Wildman–Crippen LogP) is 4.15. The van der Waals surface area contributed by atoms with Crippen molar-refractivity contribution in [2.24, 2.45) is 0 Å². The molecule has 0 saturated heterocycles. The van der Waals surface area contributed by atoms with Crippen molar-refractivity contribution in [1.29, 1.82) is 0 Å². The van der Waals surface area contributed by atoms with Crippen LogP contribution in [0.4, 0.5) is 0 Å². The molecule has 0 amide bonds. The van der Waals surface area contributed by atoms with Gasteiger partial charge in [0.2, 0.25) is 0 Å². The molecule has 1 heterocycles. The van der Waals surface area contributed by atoms with Crippen LogP contribution in [-0.2, 0) is 5.75 Å². The van der Waals surface area contributed by atoms with Crippen LogP contribution in [0, 0.1) is 13.8 Å². The third kappa shape index (κ3) is 3.82. The third-order valence-corrected chi connectivity index (χ3v) is 3.60. The van der Waals surface area contributed by atoms with Crippen LogP contribution in [0.5, 0.6) is 0 Å². The van der Waals surface area contributed by atoms with Crippen molar-refractivity contribution in [2.45, 2.75) is 24.8 Å². The van der Waals surface area contributed by atoms with E-state index in [2.05, 4.69) is 57.9 Å². The molecule has 17 heavy (non-hydrogen) atoms. The fourth-order valence-corrected chi connectivity index (χ4v) is 2.60. The highest BCUT2D eigenvalue weighted by Crippen LogP contribution is 2.21. The van der Waals surface area contributed by atoms with Gasteiger partial charge in [0, 0.05) is 18.1 Å². The molecule has 88 valence electrons. The Morgan fingerprint density at radius 1 is 1.06 bits per heavy atom. The molecule has 2 rings (SSSR count). The molecule has 0 aliphatic carbocycles. The van der Waals surface area contributed by atoms with Crippen LogP contribution in [0.2, 0.25) is 0 Å². The maximum Gasteiger partial charge on any atom is 0.187 e. The van der Waals surface area contributed by atoms with Crippen LogP contribution in [0.3, 0.4) is 0 Å². The van der Waals surface area contributed by atoms with E-state index in [1.807, 2.05) is 0 Å². The van der Waals surface area contributed by atoms with Gasteiger partial charge in [-0.25, -0.2) is 9.97 Å². The molecule has 1 aromatic carbocycles. The first-order valence-corrected chi connectivity index (χ1v) is 7.09. The van der Waals surface area contributed by atoms with Crippen molar-refractivity contribution in [3.63, 3.8) is 0 Å². The number of hydrogen-bond donors (Lipinski definition) is 0. The number of aromatic nitrogens is 2. The second-order valence-corrected chi connectivity index (χ2v) is 5.83. The Morgan fingerprint density at radius 2 is 1.65 bits per heavy atom. The lowest BCUT2D eigenvalue weighted by atomic mass is 10.1. The normalized spacial score (nSPS) is 10.5. The number of benzene rings is 1. The van der Waals surface area contributed by atoms with Crippen molar-refractivity contribution in [2.75, 3.05) is 0 Å². The minimum Gasteiger partial charge on any atom is -0.230 e. The first-order valence-electron chi connectivity index (χ1n) is 5.31. The van der Waals surface area contributed by atoms with Gasteiger partial charge in [0.1, 0.15) is 0 Å². The zero-order valence-corrected chi connectivity index (χ0v) is 12.2. The van der Waals surface area contributed by atoms with Crippen molar-refractivity contribution < 1.29 is 0 Å². The van der Waals surface area contributed by atoms with Gasteiger partial charge >= 0.3 is 0 Å². The summed E-state index contributed by atoms with van der Waals surface area (Å²) in [5.41, 5.74) is 3.92. The fraction of sp³-hybridized carbons (Fsp3) is 0.231. The summed E-state index contributed by atoms with van der Waals surface area (Å²) in [6, 6.07) is 6.60. The lowest BCUT2D eigenvalue weighted by Crippen LogP contribution is -1.88. The average Bonchev–Trinajstić information content (AvgIpc) is 2.27. The highest BCUT2D eigenvalue weighted by atomic mass is 79.9. The van der Waals surface area contributed by atoms with E-state index in [-0.39, 0.29) is 0 Å². The van der Waals surface area contributed by atoms with Gasteiger partial charge in [-0.2, -0.15) is 0 Å². The van der Waals surface area contributed by atoms with E-state index in [9.17, 15) is 0 Å². The second-order valence-electron chi connectivity index (χ2n) is 3.97. The smallest absolute Gasteiger partial charge is 0.187 e. The molecule has 0 atom stereocenters. The molecular weight excluding hydrogens is 296 g/mol. The highest BCUT2D eigenvalue weighted by molar-refractivity contribution is 9.10. The molecule has 0 unspecified atom stereocenters. The minimum absolute atomic E-state index is 0.812. The van der Waals surface area contributed by atoms with Gasteiger partial charge in [-0.1, -0.05) is 41.1 Å². The van der Waals surface area contributed by atoms with Crippen molar-refractivity contribution in [3.8, 4) is 0 Å². The van der Waals surface area contributed by atoms with E-state index in [0.29, 0.717) is 0 Å². The molecule has 0 bridgehead atoms. The van der Waals surface area contributed by atoms with E-state index >= 15 is 0 Å². The lowest BCUT2D eigenvalue weighted by Gasteiger charge is -2.04. The Balaban J connectivity index is 2.04. The monoisotopic (exact) mass is 308 g/mol. The molecule has 1 aromatic heterocycles. The maximum absolute atomic E-state index is 4.24. The summed E-state index contributed by atoms with van der Waals surface area (Å²) in [7, 11) is 0. The van der Waals surface area contributed by atoms with Crippen LogP contribution in [0.25, 0.3) is 0 Å². The number of halogens is 1. The summed E-state index contributed by atoms with van der Waals surface area (Å²) in [5.74, 6) is 0.907. The SMILES string of the molecule is Cc1cc(C)cc(CSc2ncc(Br)cn2)c1. The Morgan fingerprint density at radius 3 is 2.24 bits per heavy atom.